The molecule has 442 valence electrons. The molecule has 3 fully saturated rings. The van der Waals surface area contributed by atoms with Gasteiger partial charge in [-0.3, -0.25) is 24.1 Å². The molecule has 3 N–H and O–H groups in total. The molecule has 7 aromatic rings. The van der Waals surface area contributed by atoms with E-state index in [9.17, 15) is 34.2 Å². The van der Waals surface area contributed by atoms with E-state index in [4.69, 9.17) is 5.10 Å². The van der Waals surface area contributed by atoms with Crippen LogP contribution in [-0.2, 0) is 24.4 Å². The molecule has 0 spiro atoms. The van der Waals surface area contributed by atoms with Crippen molar-refractivity contribution in [1.82, 2.24) is 53.9 Å². The number of carbonyl (C=O) groups is 3. The molecule has 4 heterocycles. The van der Waals surface area contributed by atoms with Crippen LogP contribution in [0.2, 0.25) is 0 Å². The number of halogens is 1. The SMILES string of the molecule is CC(C)c1cc(-c2n[nH]c(=O)n2-c2ccc(CN3CCN(CCC(C)(C)SSc4ccc(C(=O)N(CCN(C)C)Cn5nc(Cc6ccc(F)c(C(=O)N7CCN(C(=O)C8CC8)CC7)c6)c6ccccc6c5=O)cc4)CC3)cc2)c(O)cc1O. The lowest BCUT2D eigenvalue weighted by Gasteiger charge is -2.36. The first kappa shape index (κ1) is 59.8. The lowest BCUT2D eigenvalue weighted by Crippen LogP contribution is -2.51. The number of hydrogen-bond donors (Lipinski definition) is 3. The molecule has 5 aromatic carbocycles. The van der Waals surface area contributed by atoms with Crippen molar-refractivity contribution in [3.8, 4) is 28.6 Å². The van der Waals surface area contributed by atoms with E-state index in [1.165, 1.54) is 21.4 Å². The van der Waals surface area contributed by atoms with Crippen LogP contribution in [0, 0.1) is 11.7 Å². The van der Waals surface area contributed by atoms with E-state index < -0.39 is 17.4 Å². The number of hydrogen-bond acceptors (Lipinski definition) is 14. The van der Waals surface area contributed by atoms with Gasteiger partial charge in [0, 0.05) is 111 Å². The van der Waals surface area contributed by atoms with E-state index in [0.717, 1.165) is 69.0 Å². The normalized spacial score (nSPS) is 15.4. The average molecular weight is 1180 g/mol. The largest absolute Gasteiger partial charge is 0.508 e. The summed E-state index contributed by atoms with van der Waals surface area (Å²) in [7, 11) is 7.35. The number of aromatic nitrogens is 5. The second-order valence-corrected chi connectivity index (χ2v) is 26.4. The van der Waals surface area contributed by atoms with Crippen LogP contribution in [0.5, 0.6) is 11.5 Å². The Kier molecular flexibility index (Phi) is 18.5. The number of nitrogens with one attached hydrogen (secondary N) is 1. The van der Waals surface area contributed by atoms with Crippen molar-refractivity contribution in [3.63, 3.8) is 0 Å². The van der Waals surface area contributed by atoms with E-state index in [2.05, 4.69) is 33.8 Å². The van der Waals surface area contributed by atoms with Crippen LogP contribution in [-0.4, -0.2) is 173 Å². The fourth-order valence-corrected chi connectivity index (χ4v) is 13.1. The van der Waals surface area contributed by atoms with Crippen LogP contribution in [0.1, 0.15) is 96.0 Å². The monoisotopic (exact) mass is 1180 g/mol. The average Bonchev–Trinajstić information content (AvgIpc) is 2.46. The van der Waals surface area contributed by atoms with Crippen LogP contribution in [0.4, 0.5) is 4.39 Å². The smallest absolute Gasteiger partial charge is 0.348 e. The van der Waals surface area contributed by atoms with Crippen molar-refractivity contribution in [2.24, 2.45) is 5.92 Å². The van der Waals surface area contributed by atoms with Crippen molar-refractivity contribution >= 4 is 50.1 Å². The number of rotatable bonds is 21. The Bertz CT molecular complexity index is 3640. The van der Waals surface area contributed by atoms with Gasteiger partial charge in [-0.1, -0.05) is 71.8 Å². The molecule has 2 aliphatic heterocycles. The topological polar surface area (TPSA) is 197 Å². The Morgan fingerprint density at radius 2 is 1.45 bits per heavy atom. The number of likely N-dealkylation sites (N-methyl/N-ethyl adjacent to an activating group) is 1. The zero-order chi connectivity index (χ0) is 59.4. The van der Waals surface area contributed by atoms with Crippen molar-refractivity contribution in [2.45, 2.75) is 82.2 Å². The highest BCUT2D eigenvalue weighted by molar-refractivity contribution is 8.77. The first-order valence-electron chi connectivity index (χ1n) is 28.8. The summed E-state index contributed by atoms with van der Waals surface area (Å²) in [5.41, 5.74) is 3.56. The van der Waals surface area contributed by atoms with Gasteiger partial charge in [0.05, 0.1) is 27.9 Å². The third kappa shape index (κ3) is 14.1. The number of H-pyrrole nitrogens is 1. The number of phenols is 2. The third-order valence-corrected chi connectivity index (χ3v) is 19.4. The number of benzene rings is 5. The second kappa shape index (κ2) is 25.9. The molecule has 0 bridgehead atoms. The Labute approximate surface area is 496 Å². The number of aromatic amines is 1. The summed E-state index contributed by atoms with van der Waals surface area (Å²) in [6.07, 6.45) is 3.00. The highest BCUT2D eigenvalue weighted by Crippen LogP contribution is 2.43. The molecule has 10 rings (SSSR count). The summed E-state index contributed by atoms with van der Waals surface area (Å²) < 4.78 is 18.1. The summed E-state index contributed by atoms with van der Waals surface area (Å²) in [5.74, 6) is -0.996. The number of phenolic OH excluding ortho intramolecular Hbond substituents is 2. The van der Waals surface area contributed by atoms with Gasteiger partial charge in [0.1, 0.15) is 24.0 Å². The Hall–Kier alpha value is -7.30. The summed E-state index contributed by atoms with van der Waals surface area (Å²) in [4.78, 5) is 80.9. The highest BCUT2D eigenvalue weighted by Gasteiger charge is 2.36. The van der Waals surface area contributed by atoms with Crippen LogP contribution >= 0.6 is 21.6 Å². The van der Waals surface area contributed by atoms with Crippen LogP contribution in [0.3, 0.4) is 0 Å². The van der Waals surface area contributed by atoms with Crippen LogP contribution < -0.4 is 11.2 Å². The number of carbonyl (C=O) groups excluding carboxylic acids is 3. The van der Waals surface area contributed by atoms with E-state index in [-0.39, 0.29) is 69.9 Å². The lowest BCUT2D eigenvalue weighted by atomic mass is 9.98. The molecule has 0 unspecified atom stereocenters. The molecule has 3 amide bonds. The molecular formula is C63H74FN11O7S2. The molecular weight excluding hydrogens is 1110 g/mol. The molecule has 3 aliphatic rings. The quantitative estimate of drug-likeness (QED) is 0.0582. The van der Waals surface area contributed by atoms with E-state index in [1.807, 2.05) is 104 Å². The minimum Gasteiger partial charge on any atom is -0.508 e. The summed E-state index contributed by atoms with van der Waals surface area (Å²) in [6.45, 7) is 16.2. The number of amides is 3. The summed E-state index contributed by atoms with van der Waals surface area (Å²) in [6, 6.07) is 30.0. The third-order valence-electron chi connectivity index (χ3n) is 16.0. The minimum atomic E-state index is -0.633. The zero-order valence-corrected chi connectivity index (χ0v) is 50.2. The van der Waals surface area contributed by atoms with Gasteiger partial charge in [-0.15, -0.1) is 0 Å². The molecule has 1 aliphatic carbocycles. The molecule has 1 saturated carbocycles. The van der Waals surface area contributed by atoms with E-state index in [1.54, 1.807) is 55.8 Å². The number of aromatic hydroxyl groups is 2. The second-order valence-electron chi connectivity index (χ2n) is 23.4. The van der Waals surface area contributed by atoms with Gasteiger partial charge in [0.25, 0.3) is 17.4 Å². The van der Waals surface area contributed by atoms with Gasteiger partial charge in [0.15, 0.2) is 5.82 Å². The predicted molar refractivity (Wildman–Crippen MR) is 327 cm³/mol. The molecule has 2 saturated heterocycles. The van der Waals surface area contributed by atoms with E-state index >= 15 is 4.39 Å². The molecule has 2 aromatic heterocycles. The van der Waals surface area contributed by atoms with Crippen LogP contribution in [0.15, 0.2) is 118 Å². The predicted octanol–water partition coefficient (Wildman–Crippen LogP) is 8.28. The summed E-state index contributed by atoms with van der Waals surface area (Å²) in [5, 5.41) is 33.8. The Balaban J connectivity index is 0.722. The van der Waals surface area contributed by atoms with E-state index in [0.29, 0.717) is 83.7 Å². The minimum absolute atomic E-state index is 0.00677. The maximum absolute atomic E-state index is 15.4. The Morgan fingerprint density at radius 1 is 0.786 bits per heavy atom. The molecule has 84 heavy (non-hydrogen) atoms. The van der Waals surface area contributed by atoms with Gasteiger partial charge in [-0.05, 0) is 137 Å². The van der Waals surface area contributed by atoms with Gasteiger partial charge >= 0.3 is 5.69 Å². The van der Waals surface area contributed by atoms with Crippen molar-refractivity contribution in [3.05, 3.63) is 163 Å². The highest BCUT2D eigenvalue weighted by atomic mass is 33.1. The number of nitrogens with zero attached hydrogens (tertiary/aromatic N) is 10. The standard InChI is InChI=1S/C63H74FN11O7S2/c1-41(2)50-37-52(56(77)38-55(50)76)57-65-66-62(82)75(57)46-18-11-42(12-19-46)39-70-28-26-69(27-29-70)24-23-63(3,4)84-83-47-20-16-45(17-21-47)59(79)73(30-25-68(5)6)40-74-61(81)49-10-8-7-9-48(49)54(67-74)36-43-13-22-53(64)51(35-43)60(80)72-33-31-71(32-34-72)58(78)44-14-15-44/h7-13,16-22,35,37-38,41,44,76-77H,14-15,23-34,36,39-40H2,1-6H3,(H,66,82). The van der Waals surface area contributed by atoms with Crippen molar-refractivity contribution in [1.29, 1.82) is 0 Å². The molecule has 0 atom stereocenters. The first-order valence-corrected chi connectivity index (χ1v) is 31.0. The van der Waals surface area contributed by atoms with Crippen molar-refractivity contribution < 1.29 is 29.0 Å². The van der Waals surface area contributed by atoms with Gasteiger partial charge in [-0.2, -0.15) is 10.2 Å². The fraction of sp³-hybridized carbons (Fsp3) is 0.413. The molecule has 21 heteroatoms. The zero-order valence-electron chi connectivity index (χ0n) is 48.6. The maximum Gasteiger partial charge on any atom is 0.348 e. The van der Waals surface area contributed by atoms with Crippen molar-refractivity contribution in [2.75, 3.05) is 86.1 Å². The number of piperazine rings is 2. The van der Waals surface area contributed by atoms with Gasteiger partial charge in [0.2, 0.25) is 5.91 Å². The fourth-order valence-electron chi connectivity index (χ4n) is 10.8. The van der Waals surface area contributed by atoms with Crippen LogP contribution in [0.25, 0.3) is 27.8 Å². The van der Waals surface area contributed by atoms with Gasteiger partial charge < -0.3 is 34.7 Å². The maximum atomic E-state index is 15.4. The van der Waals surface area contributed by atoms with Gasteiger partial charge in [-0.25, -0.2) is 23.5 Å². The number of fused-ring (bicyclic) bond motifs is 1. The molecule has 0 radical (unpaired) electrons. The summed E-state index contributed by atoms with van der Waals surface area (Å²) >= 11 is 0. The first-order chi connectivity index (χ1) is 40.3. The Morgan fingerprint density at radius 3 is 2.13 bits per heavy atom. The lowest BCUT2D eigenvalue weighted by molar-refractivity contribution is -0.134. The molecule has 18 nitrogen and oxygen atoms in total.